The zero-order valence-electron chi connectivity index (χ0n) is 16.3. The van der Waals surface area contributed by atoms with Gasteiger partial charge in [-0.2, -0.15) is 0 Å². The number of nitrogens with one attached hydrogen (secondary N) is 1. The van der Waals surface area contributed by atoms with E-state index in [0.717, 1.165) is 50.5 Å². The van der Waals surface area contributed by atoms with Crippen molar-refractivity contribution < 1.29 is 4.79 Å². The Morgan fingerprint density at radius 2 is 1.93 bits per heavy atom. The van der Waals surface area contributed by atoms with Crippen LogP contribution in [-0.4, -0.2) is 59.5 Å². The van der Waals surface area contributed by atoms with Crippen molar-refractivity contribution in [1.82, 2.24) is 20.2 Å². The lowest BCUT2D eigenvalue weighted by atomic mass is 10.2. The van der Waals surface area contributed by atoms with Crippen LogP contribution >= 0.6 is 0 Å². The highest BCUT2D eigenvalue weighted by Crippen LogP contribution is 2.15. The Bertz CT molecular complexity index is 709. The van der Waals surface area contributed by atoms with Gasteiger partial charge < -0.3 is 10.2 Å². The Balaban J connectivity index is 1.43. The van der Waals surface area contributed by atoms with E-state index in [1.165, 1.54) is 0 Å². The molecule has 2 aromatic rings. The maximum Gasteiger partial charge on any atom is 0.252 e. The van der Waals surface area contributed by atoms with E-state index in [-0.39, 0.29) is 5.91 Å². The second-order valence-corrected chi connectivity index (χ2v) is 7.20. The van der Waals surface area contributed by atoms with Gasteiger partial charge in [-0.05, 0) is 51.0 Å². The lowest BCUT2D eigenvalue weighted by molar-refractivity contribution is 0.0953. The van der Waals surface area contributed by atoms with Crippen molar-refractivity contribution in [3.05, 3.63) is 54.0 Å². The molecular weight excluding hydrogens is 338 g/mol. The number of rotatable bonds is 7. The molecule has 1 N–H and O–H groups in total. The highest BCUT2D eigenvalue weighted by molar-refractivity contribution is 5.94. The molecule has 1 aliphatic heterocycles. The van der Waals surface area contributed by atoms with Gasteiger partial charge in [0.05, 0.1) is 5.56 Å². The fraction of sp³-hybridized carbons (Fsp3) is 0.476. The lowest BCUT2D eigenvalue weighted by Gasteiger charge is -2.37. The molecule has 1 aliphatic rings. The van der Waals surface area contributed by atoms with Gasteiger partial charge in [0, 0.05) is 56.9 Å². The topological polar surface area (TPSA) is 61.4 Å². The number of piperazine rings is 1. The monoisotopic (exact) mass is 367 g/mol. The van der Waals surface area contributed by atoms with Crippen molar-refractivity contribution in [2.45, 2.75) is 32.7 Å². The molecule has 0 aromatic carbocycles. The molecule has 0 bridgehead atoms. The molecule has 2 aromatic heterocycles. The van der Waals surface area contributed by atoms with Crippen LogP contribution in [0.5, 0.6) is 0 Å². The summed E-state index contributed by atoms with van der Waals surface area (Å²) in [4.78, 5) is 25.8. The number of anilines is 1. The van der Waals surface area contributed by atoms with E-state index in [2.05, 4.69) is 38.9 Å². The van der Waals surface area contributed by atoms with Gasteiger partial charge in [-0.25, -0.2) is 4.98 Å². The summed E-state index contributed by atoms with van der Waals surface area (Å²) in [5.74, 6) is 0.879. The number of aromatic nitrogens is 2. The molecule has 144 valence electrons. The van der Waals surface area contributed by atoms with Crippen molar-refractivity contribution in [3.8, 4) is 0 Å². The quantitative estimate of drug-likeness (QED) is 0.762. The fourth-order valence-electron chi connectivity index (χ4n) is 3.29. The molecule has 0 saturated carbocycles. The number of aryl methyl sites for hydroxylation is 1. The summed E-state index contributed by atoms with van der Waals surface area (Å²) in [5.41, 5.74) is 1.66. The second kappa shape index (κ2) is 9.46. The Hall–Kier alpha value is -2.47. The van der Waals surface area contributed by atoms with E-state index < -0.39 is 0 Å². The molecule has 0 atom stereocenters. The SMILES string of the molecule is CC(C)N1CCN(c2ccc(C(=O)NCCCc3ccccn3)cn2)CC1. The maximum atomic E-state index is 12.3. The Morgan fingerprint density at radius 1 is 1.11 bits per heavy atom. The van der Waals surface area contributed by atoms with E-state index in [9.17, 15) is 4.79 Å². The largest absolute Gasteiger partial charge is 0.354 e. The smallest absolute Gasteiger partial charge is 0.252 e. The molecule has 0 aliphatic carbocycles. The first kappa shape index (κ1) is 19.3. The van der Waals surface area contributed by atoms with Crippen LogP contribution < -0.4 is 10.2 Å². The van der Waals surface area contributed by atoms with Gasteiger partial charge in [0.25, 0.3) is 5.91 Å². The van der Waals surface area contributed by atoms with Gasteiger partial charge in [-0.3, -0.25) is 14.7 Å². The zero-order chi connectivity index (χ0) is 19.1. The summed E-state index contributed by atoms with van der Waals surface area (Å²) in [6.07, 6.45) is 5.21. The first-order chi connectivity index (χ1) is 13.1. The number of nitrogens with zero attached hydrogens (tertiary/aromatic N) is 4. The molecule has 1 saturated heterocycles. The molecule has 0 radical (unpaired) electrons. The number of carbonyl (C=O) groups is 1. The molecule has 1 amide bonds. The third kappa shape index (κ3) is 5.50. The fourth-order valence-corrected chi connectivity index (χ4v) is 3.29. The average molecular weight is 367 g/mol. The highest BCUT2D eigenvalue weighted by Gasteiger charge is 2.19. The molecular formula is C21H29N5O. The standard InChI is InChI=1S/C21H29N5O/c1-17(2)25-12-14-26(15-13-25)20-9-8-18(16-24-20)21(27)23-11-5-7-19-6-3-4-10-22-19/h3-4,6,8-10,16-17H,5,7,11-15H2,1-2H3,(H,23,27). The normalized spacial score (nSPS) is 15.1. The van der Waals surface area contributed by atoms with Gasteiger partial charge >= 0.3 is 0 Å². The van der Waals surface area contributed by atoms with Crippen molar-refractivity contribution in [3.63, 3.8) is 0 Å². The van der Waals surface area contributed by atoms with Crippen LogP contribution in [0.2, 0.25) is 0 Å². The minimum atomic E-state index is -0.0697. The molecule has 0 spiro atoms. The van der Waals surface area contributed by atoms with E-state index >= 15 is 0 Å². The Morgan fingerprint density at radius 3 is 2.56 bits per heavy atom. The van der Waals surface area contributed by atoms with E-state index in [1.54, 1.807) is 12.4 Å². The van der Waals surface area contributed by atoms with Crippen LogP contribution in [0.1, 0.15) is 36.3 Å². The second-order valence-electron chi connectivity index (χ2n) is 7.20. The summed E-state index contributed by atoms with van der Waals surface area (Å²) in [6, 6.07) is 10.3. The van der Waals surface area contributed by atoms with Crippen molar-refractivity contribution in [2.24, 2.45) is 0 Å². The van der Waals surface area contributed by atoms with Crippen LogP contribution in [0.3, 0.4) is 0 Å². The van der Waals surface area contributed by atoms with Crippen LogP contribution in [0.4, 0.5) is 5.82 Å². The van der Waals surface area contributed by atoms with E-state index in [1.807, 2.05) is 30.3 Å². The van der Waals surface area contributed by atoms with Crippen LogP contribution in [0.15, 0.2) is 42.7 Å². The van der Waals surface area contributed by atoms with Gasteiger partial charge in [0.15, 0.2) is 0 Å². The number of pyridine rings is 2. The summed E-state index contributed by atoms with van der Waals surface area (Å²) in [7, 11) is 0. The maximum absolute atomic E-state index is 12.3. The summed E-state index contributed by atoms with van der Waals surface area (Å²) >= 11 is 0. The molecule has 1 fully saturated rings. The highest BCUT2D eigenvalue weighted by atomic mass is 16.1. The van der Waals surface area contributed by atoms with Gasteiger partial charge in [0.1, 0.15) is 5.82 Å². The van der Waals surface area contributed by atoms with Crippen molar-refractivity contribution in [2.75, 3.05) is 37.6 Å². The first-order valence-electron chi connectivity index (χ1n) is 9.76. The third-order valence-electron chi connectivity index (χ3n) is 5.00. The molecule has 27 heavy (non-hydrogen) atoms. The lowest BCUT2D eigenvalue weighted by Crippen LogP contribution is -2.49. The van der Waals surface area contributed by atoms with Crippen molar-refractivity contribution in [1.29, 1.82) is 0 Å². The third-order valence-corrected chi connectivity index (χ3v) is 5.00. The average Bonchev–Trinajstić information content (AvgIpc) is 2.72. The molecule has 0 unspecified atom stereocenters. The van der Waals surface area contributed by atoms with Gasteiger partial charge in [0.2, 0.25) is 0 Å². The van der Waals surface area contributed by atoms with Crippen LogP contribution in [-0.2, 0) is 6.42 Å². The zero-order valence-corrected chi connectivity index (χ0v) is 16.3. The Labute approximate surface area is 161 Å². The Kier molecular flexibility index (Phi) is 6.76. The number of hydrogen-bond donors (Lipinski definition) is 1. The van der Waals surface area contributed by atoms with Crippen molar-refractivity contribution >= 4 is 11.7 Å². The van der Waals surface area contributed by atoms with E-state index in [4.69, 9.17) is 0 Å². The molecule has 3 heterocycles. The number of carbonyl (C=O) groups excluding carboxylic acids is 1. The minimum Gasteiger partial charge on any atom is -0.354 e. The molecule has 3 rings (SSSR count). The summed E-state index contributed by atoms with van der Waals surface area (Å²) in [5, 5.41) is 2.96. The van der Waals surface area contributed by atoms with Crippen LogP contribution in [0.25, 0.3) is 0 Å². The number of hydrogen-bond acceptors (Lipinski definition) is 5. The predicted octanol–water partition coefficient (Wildman–Crippen LogP) is 2.37. The number of amides is 1. The van der Waals surface area contributed by atoms with Crippen LogP contribution in [0, 0.1) is 0 Å². The summed E-state index contributed by atoms with van der Waals surface area (Å²) in [6.45, 7) is 9.16. The van der Waals surface area contributed by atoms with E-state index in [0.29, 0.717) is 18.2 Å². The first-order valence-corrected chi connectivity index (χ1v) is 9.76. The van der Waals surface area contributed by atoms with Gasteiger partial charge in [-0.15, -0.1) is 0 Å². The summed E-state index contributed by atoms with van der Waals surface area (Å²) < 4.78 is 0. The van der Waals surface area contributed by atoms with Gasteiger partial charge in [-0.1, -0.05) is 6.07 Å². The minimum absolute atomic E-state index is 0.0697. The molecule has 6 nitrogen and oxygen atoms in total. The molecule has 6 heteroatoms. The predicted molar refractivity (Wildman–Crippen MR) is 108 cm³/mol.